The molecule has 1 aliphatic carbocycles. The van der Waals surface area contributed by atoms with Crippen LogP contribution in [0.2, 0.25) is 0 Å². The second kappa shape index (κ2) is 5.22. The van der Waals surface area contributed by atoms with Gasteiger partial charge in [0, 0.05) is 18.0 Å². The first-order chi connectivity index (χ1) is 8.45. The maximum absolute atomic E-state index is 12.7. The van der Waals surface area contributed by atoms with E-state index in [1.807, 2.05) is 0 Å². The number of fused-ring (bicyclic) bond motifs is 1. The first kappa shape index (κ1) is 13.9. The van der Waals surface area contributed by atoms with Crippen molar-refractivity contribution in [2.24, 2.45) is 17.8 Å². The Morgan fingerprint density at radius 3 is 2.61 bits per heavy atom. The minimum Gasteiger partial charge on any atom is -0.337 e. The predicted molar refractivity (Wildman–Crippen MR) is 75.3 cm³/mol. The molecule has 2 aliphatic rings. The third kappa shape index (κ3) is 2.57. The maximum atomic E-state index is 12.7. The van der Waals surface area contributed by atoms with Crippen molar-refractivity contribution in [1.29, 1.82) is 0 Å². The van der Waals surface area contributed by atoms with Gasteiger partial charge in [0.05, 0.1) is 0 Å². The molecule has 0 aromatic heterocycles. The molecule has 2 heteroatoms. The zero-order chi connectivity index (χ0) is 13.3. The highest BCUT2D eigenvalue weighted by Gasteiger charge is 2.46. The Hall–Kier alpha value is -0.530. The number of likely N-dealkylation sites (tertiary alicyclic amines) is 1. The molecule has 0 N–H and O–H groups in total. The molecule has 1 heterocycles. The van der Waals surface area contributed by atoms with Crippen LogP contribution in [0.3, 0.4) is 0 Å². The number of unbranched alkanes of at least 4 members (excludes halogenated alkanes) is 1. The van der Waals surface area contributed by atoms with Crippen LogP contribution >= 0.6 is 0 Å². The number of amides is 1. The SMILES string of the molecule is CCCCC1C(=O)N(C(C)(C)C)CC2CCCC21. The molecule has 0 radical (unpaired) electrons. The largest absolute Gasteiger partial charge is 0.337 e. The van der Waals surface area contributed by atoms with Crippen molar-refractivity contribution in [3.8, 4) is 0 Å². The lowest BCUT2D eigenvalue weighted by molar-refractivity contribution is -0.150. The van der Waals surface area contributed by atoms with Crippen molar-refractivity contribution in [2.45, 2.75) is 71.8 Å². The molecule has 0 aromatic carbocycles. The van der Waals surface area contributed by atoms with Gasteiger partial charge in [-0.3, -0.25) is 4.79 Å². The van der Waals surface area contributed by atoms with E-state index >= 15 is 0 Å². The van der Waals surface area contributed by atoms with Gasteiger partial charge < -0.3 is 4.90 Å². The number of carbonyl (C=O) groups is 1. The highest BCUT2D eigenvalue weighted by molar-refractivity contribution is 5.81. The van der Waals surface area contributed by atoms with Crippen molar-refractivity contribution in [1.82, 2.24) is 4.90 Å². The van der Waals surface area contributed by atoms with Crippen molar-refractivity contribution in [3.63, 3.8) is 0 Å². The predicted octanol–water partition coefficient (Wildman–Crippen LogP) is 3.85. The monoisotopic (exact) mass is 251 g/mol. The van der Waals surface area contributed by atoms with E-state index in [2.05, 4.69) is 32.6 Å². The molecular weight excluding hydrogens is 222 g/mol. The van der Waals surface area contributed by atoms with Crippen LogP contribution < -0.4 is 0 Å². The molecule has 104 valence electrons. The molecule has 2 nitrogen and oxygen atoms in total. The Morgan fingerprint density at radius 2 is 2.00 bits per heavy atom. The lowest BCUT2D eigenvalue weighted by Gasteiger charge is -2.46. The van der Waals surface area contributed by atoms with Gasteiger partial charge in [-0.25, -0.2) is 0 Å². The number of hydrogen-bond acceptors (Lipinski definition) is 1. The standard InChI is InChI=1S/C16H29NO/c1-5-6-9-14-13-10-7-8-12(13)11-17(15(14)18)16(2,3)4/h12-14H,5-11H2,1-4H3. The number of rotatable bonds is 3. The molecular formula is C16H29NO. The topological polar surface area (TPSA) is 20.3 Å². The first-order valence-electron chi connectivity index (χ1n) is 7.76. The van der Waals surface area contributed by atoms with Crippen LogP contribution in [0.5, 0.6) is 0 Å². The third-order valence-corrected chi connectivity index (χ3v) is 4.91. The summed E-state index contributed by atoms with van der Waals surface area (Å²) in [4.78, 5) is 14.9. The molecule has 0 spiro atoms. The summed E-state index contributed by atoms with van der Waals surface area (Å²) in [6.45, 7) is 9.77. The molecule has 1 amide bonds. The average molecular weight is 251 g/mol. The second-order valence-electron chi connectivity index (χ2n) is 7.22. The van der Waals surface area contributed by atoms with Crippen LogP contribution in [0, 0.1) is 17.8 Å². The summed E-state index contributed by atoms with van der Waals surface area (Å²) in [5.41, 5.74) is -0.00485. The Balaban J connectivity index is 2.16. The quantitative estimate of drug-likeness (QED) is 0.746. The lowest BCUT2D eigenvalue weighted by atomic mass is 9.75. The van der Waals surface area contributed by atoms with Crippen LogP contribution in [0.15, 0.2) is 0 Å². The van der Waals surface area contributed by atoms with E-state index in [1.165, 1.54) is 32.1 Å². The van der Waals surface area contributed by atoms with Crippen molar-refractivity contribution < 1.29 is 4.79 Å². The lowest BCUT2D eigenvalue weighted by Crippen LogP contribution is -2.56. The van der Waals surface area contributed by atoms with E-state index < -0.39 is 0 Å². The Kier molecular flexibility index (Phi) is 4.03. The van der Waals surface area contributed by atoms with Gasteiger partial charge in [-0.1, -0.05) is 26.2 Å². The number of carbonyl (C=O) groups excluding carboxylic acids is 1. The molecule has 0 bridgehead atoms. The number of piperidine rings is 1. The van der Waals surface area contributed by atoms with Crippen LogP contribution in [-0.4, -0.2) is 22.9 Å². The van der Waals surface area contributed by atoms with Crippen molar-refractivity contribution in [3.05, 3.63) is 0 Å². The van der Waals surface area contributed by atoms with Crippen LogP contribution in [0.25, 0.3) is 0 Å². The first-order valence-corrected chi connectivity index (χ1v) is 7.76. The summed E-state index contributed by atoms with van der Waals surface area (Å²) in [5, 5.41) is 0. The van der Waals surface area contributed by atoms with E-state index in [1.54, 1.807) is 0 Å². The van der Waals surface area contributed by atoms with Crippen LogP contribution in [-0.2, 0) is 4.79 Å². The summed E-state index contributed by atoms with van der Waals surface area (Å²) < 4.78 is 0. The molecule has 1 saturated carbocycles. The van der Waals surface area contributed by atoms with E-state index in [-0.39, 0.29) is 5.54 Å². The Bertz CT molecular complexity index is 305. The Labute approximate surface area is 112 Å². The zero-order valence-corrected chi connectivity index (χ0v) is 12.5. The van der Waals surface area contributed by atoms with Crippen molar-refractivity contribution >= 4 is 5.91 Å². The molecule has 0 aromatic rings. The van der Waals surface area contributed by atoms with Crippen molar-refractivity contribution in [2.75, 3.05) is 6.54 Å². The maximum Gasteiger partial charge on any atom is 0.226 e. The molecule has 18 heavy (non-hydrogen) atoms. The fourth-order valence-electron chi connectivity index (χ4n) is 3.90. The number of hydrogen-bond donors (Lipinski definition) is 0. The number of nitrogens with zero attached hydrogens (tertiary/aromatic N) is 1. The molecule has 3 atom stereocenters. The van der Waals surface area contributed by atoms with Gasteiger partial charge >= 0.3 is 0 Å². The smallest absolute Gasteiger partial charge is 0.226 e. The summed E-state index contributed by atoms with van der Waals surface area (Å²) in [6.07, 6.45) is 7.50. The molecule has 3 unspecified atom stereocenters. The normalized spacial score (nSPS) is 32.8. The van der Waals surface area contributed by atoms with Gasteiger partial charge in [-0.2, -0.15) is 0 Å². The molecule has 2 rings (SSSR count). The molecule has 1 aliphatic heterocycles. The highest BCUT2D eigenvalue weighted by atomic mass is 16.2. The van der Waals surface area contributed by atoms with Gasteiger partial charge in [0.25, 0.3) is 0 Å². The van der Waals surface area contributed by atoms with E-state index in [0.717, 1.165) is 18.9 Å². The summed E-state index contributed by atoms with van der Waals surface area (Å²) in [5.74, 6) is 2.25. The van der Waals surface area contributed by atoms with Gasteiger partial charge in [-0.15, -0.1) is 0 Å². The van der Waals surface area contributed by atoms with Crippen LogP contribution in [0.1, 0.15) is 66.2 Å². The highest BCUT2D eigenvalue weighted by Crippen LogP contribution is 2.44. The summed E-state index contributed by atoms with van der Waals surface area (Å²) in [7, 11) is 0. The summed E-state index contributed by atoms with van der Waals surface area (Å²) >= 11 is 0. The van der Waals surface area contributed by atoms with E-state index in [0.29, 0.717) is 17.7 Å². The fourth-order valence-corrected chi connectivity index (χ4v) is 3.90. The van der Waals surface area contributed by atoms with Gasteiger partial charge in [0.1, 0.15) is 0 Å². The zero-order valence-electron chi connectivity index (χ0n) is 12.5. The minimum atomic E-state index is -0.00485. The van der Waals surface area contributed by atoms with Crippen LogP contribution in [0.4, 0.5) is 0 Å². The minimum absolute atomic E-state index is 0.00485. The third-order valence-electron chi connectivity index (χ3n) is 4.91. The average Bonchev–Trinajstić information content (AvgIpc) is 2.73. The van der Waals surface area contributed by atoms with Gasteiger partial charge in [0.15, 0.2) is 0 Å². The second-order valence-corrected chi connectivity index (χ2v) is 7.22. The van der Waals surface area contributed by atoms with Gasteiger partial charge in [0.2, 0.25) is 5.91 Å². The van der Waals surface area contributed by atoms with E-state index in [9.17, 15) is 4.79 Å². The summed E-state index contributed by atoms with van der Waals surface area (Å²) in [6, 6.07) is 0. The van der Waals surface area contributed by atoms with Gasteiger partial charge in [-0.05, 0) is 51.9 Å². The van der Waals surface area contributed by atoms with E-state index in [4.69, 9.17) is 0 Å². The molecule has 1 saturated heterocycles. The fraction of sp³-hybridized carbons (Fsp3) is 0.938. The molecule has 2 fully saturated rings. The Morgan fingerprint density at radius 1 is 1.28 bits per heavy atom.